The minimum atomic E-state index is -4.28. The molecule has 1 atom stereocenters. The van der Waals surface area contributed by atoms with Gasteiger partial charge in [0, 0.05) is 5.92 Å². The van der Waals surface area contributed by atoms with Crippen molar-refractivity contribution < 1.29 is 17.9 Å². The first kappa shape index (κ1) is 14.0. The second-order valence-corrected chi connectivity index (χ2v) is 5.28. The maximum Gasteiger partial charge on any atom is 0.416 e. The van der Waals surface area contributed by atoms with Crippen LogP contribution >= 0.6 is 0 Å². The summed E-state index contributed by atoms with van der Waals surface area (Å²) in [7, 11) is 1.61. The molecule has 0 heterocycles. The van der Waals surface area contributed by atoms with Crippen LogP contribution < -0.4 is 4.74 Å². The summed E-state index contributed by atoms with van der Waals surface area (Å²) in [5.74, 6) is 0.935. The molecule has 0 spiro atoms. The zero-order valence-corrected chi connectivity index (χ0v) is 11.6. The summed E-state index contributed by atoms with van der Waals surface area (Å²) in [4.78, 5) is 0. The molecule has 0 saturated heterocycles. The Balaban J connectivity index is 1.93. The van der Waals surface area contributed by atoms with Crippen LogP contribution in [-0.2, 0) is 12.6 Å². The number of alkyl halides is 3. The predicted octanol–water partition coefficient (Wildman–Crippen LogP) is 4.79. The quantitative estimate of drug-likeness (QED) is 0.773. The number of benzene rings is 2. The van der Waals surface area contributed by atoms with Crippen molar-refractivity contribution in [3.8, 4) is 5.75 Å². The van der Waals surface area contributed by atoms with E-state index in [2.05, 4.69) is 0 Å². The summed E-state index contributed by atoms with van der Waals surface area (Å²) in [6, 6.07) is 11.4. The van der Waals surface area contributed by atoms with Crippen LogP contribution in [0.2, 0.25) is 0 Å². The second-order valence-electron chi connectivity index (χ2n) is 5.28. The van der Waals surface area contributed by atoms with E-state index < -0.39 is 11.7 Å². The molecule has 1 nitrogen and oxygen atoms in total. The van der Waals surface area contributed by atoms with Crippen molar-refractivity contribution >= 4 is 0 Å². The second kappa shape index (κ2) is 5.10. The maximum absolute atomic E-state index is 12.6. The van der Waals surface area contributed by atoms with Gasteiger partial charge in [0.1, 0.15) is 5.75 Å². The number of hydrogen-bond acceptors (Lipinski definition) is 1. The normalized spacial score (nSPS) is 17.6. The van der Waals surface area contributed by atoms with Gasteiger partial charge in [0.05, 0.1) is 12.7 Å². The van der Waals surface area contributed by atoms with E-state index in [9.17, 15) is 13.2 Å². The van der Waals surface area contributed by atoms with E-state index >= 15 is 0 Å². The van der Waals surface area contributed by atoms with Crippen LogP contribution in [0.5, 0.6) is 5.75 Å². The Morgan fingerprint density at radius 1 is 1.05 bits per heavy atom. The van der Waals surface area contributed by atoms with Crippen molar-refractivity contribution in [3.63, 3.8) is 0 Å². The van der Waals surface area contributed by atoms with Crippen LogP contribution in [0, 0.1) is 0 Å². The van der Waals surface area contributed by atoms with E-state index in [1.807, 2.05) is 18.2 Å². The molecule has 0 aliphatic heterocycles. The molecule has 110 valence electrons. The number of fused-ring (bicyclic) bond motifs is 1. The minimum Gasteiger partial charge on any atom is -0.497 e. The summed E-state index contributed by atoms with van der Waals surface area (Å²) in [6.07, 6.45) is -2.41. The van der Waals surface area contributed by atoms with Gasteiger partial charge in [0.15, 0.2) is 0 Å². The Labute approximate surface area is 121 Å². The lowest BCUT2D eigenvalue weighted by Gasteiger charge is -2.14. The molecule has 0 amide bonds. The monoisotopic (exact) mass is 292 g/mol. The summed E-state index contributed by atoms with van der Waals surface area (Å²) in [5.41, 5.74) is 2.74. The van der Waals surface area contributed by atoms with E-state index in [-0.39, 0.29) is 5.92 Å². The van der Waals surface area contributed by atoms with Crippen LogP contribution in [0.4, 0.5) is 13.2 Å². The molecule has 2 aromatic carbocycles. The zero-order chi connectivity index (χ0) is 15.0. The first-order chi connectivity index (χ1) is 9.99. The zero-order valence-electron chi connectivity index (χ0n) is 11.6. The molecule has 0 fully saturated rings. The smallest absolute Gasteiger partial charge is 0.416 e. The Kier molecular flexibility index (Phi) is 3.40. The van der Waals surface area contributed by atoms with Crippen LogP contribution in [0.1, 0.15) is 34.6 Å². The van der Waals surface area contributed by atoms with Crippen molar-refractivity contribution in [1.29, 1.82) is 0 Å². The lowest BCUT2D eigenvalue weighted by molar-refractivity contribution is -0.137. The molecule has 0 bridgehead atoms. The van der Waals surface area contributed by atoms with Gasteiger partial charge in [-0.15, -0.1) is 0 Å². The van der Waals surface area contributed by atoms with Crippen LogP contribution in [0.3, 0.4) is 0 Å². The van der Waals surface area contributed by atoms with Crippen molar-refractivity contribution in [2.45, 2.75) is 24.9 Å². The predicted molar refractivity (Wildman–Crippen MR) is 74.6 cm³/mol. The highest BCUT2D eigenvalue weighted by atomic mass is 19.4. The fourth-order valence-electron chi connectivity index (χ4n) is 2.96. The number of rotatable bonds is 2. The van der Waals surface area contributed by atoms with E-state index in [4.69, 9.17) is 4.74 Å². The van der Waals surface area contributed by atoms with Gasteiger partial charge in [-0.3, -0.25) is 0 Å². The van der Waals surface area contributed by atoms with Gasteiger partial charge in [-0.1, -0.05) is 18.2 Å². The summed E-state index contributed by atoms with van der Waals surface area (Å²) in [5, 5.41) is 0. The average Bonchev–Trinajstić information content (AvgIpc) is 2.89. The molecule has 1 unspecified atom stereocenters. The third kappa shape index (κ3) is 2.62. The first-order valence-electron chi connectivity index (χ1n) is 6.83. The van der Waals surface area contributed by atoms with Crippen LogP contribution in [0.15, 0.2) is 42.5 Å². The Morgan fingerprint density at radius 2 is 1.76 bits per heavy atom. The molecule has 0 N–H and O–H groups in total. The Hall–Kier alpha value is -1.97. The third-order valence-corrected chi connectivity index (χ3v) is 4.07. The Morgan fingerprint density at radius 3 is 2.38 bits per heavy atom. The summed E-state index contributed by atoms with van der Waals surface area (Å²) >= 11 is 0. The fraction of sp³-hybridized carbons (Fsp3) is 0.294. The van der Waals surface area contributed by atoms with Gasteiger partial charge in [0.25, 0.3) is 0 Å². The van der Waals surface area contributed by atoms with E-state index in [0.29, 0.717) is 0 Å². The van der Waals surface area contributed by atoms with E-state index in [0.717, 1.165) is 41.9 Å². The number of hydrogen-bond donors (Lipinski definition) is 0. The summed E-state index contributed by atoms with van der Waals surface area (Å²) in [6.45, 7) is 0. The lowest BCUT2D eigenvalue weighted by atomic mass is 9.92. The first-order valence-corrected chi connectivity index (χ1v) is 6.83. The number of methoxy groups -OCH3 is 1. The van der Waals surface area contributed by atoms with Crippen molar-refractivity contribution in [1.82, 2.24) is 0 Å². The van der Waals surface area contributed by atoms with Crippen molar-refractivity contribution in [2.75, 3.05) is 7.11 Å². The largest absolute Gasteiger partial charge is 0.497 e. The maximum atomic E-state index is 12.6. The average molecular weight is 292 g/mol. The fourth-order valence-corrected chi connectivity index (χ4v) is 2.96. The highest BCUT2D eigenvalue weighted by molar-refractivity contribution is 5.46. The Bertz CT molecular complexity index is 644. The summed E-state index contributed by atoms with van der Waals surface area (Å²) < 4.78 is 43.1. The highest BCUT2D eigenvalue weighted by Gasteiger charge is 2.31. The highest BCUT2D eigenvalue weighted by Crippen LogP contribution is 2.40. The third-order valence-electron chi connectivity index (χ3n) is 4.07. The number of ether oxygens (including phenoxy) is 1. The molecule has 4 heteroatoms. The SMILES string of the molecule is COc1ccc2c(c1)C(c1ccc(C(F)(F)F)cc1)CC2. The van der Waals surface area contributed by atoms with E-state index in [1.54, 1.807) is 19.2 Å². The minimum absolute atomic E-state index is 0.150. The van der Waals surface area contributed by atoms with Crippen LogP contribution in [0.25, 0.3) is 0 Å². The van der Waals surface area contributed by atoms with Gasteiger partial charge in [-0.25, -0.2) is 0 Å². The molecular formula is C17H15F3O. The lowest BCUT2D eigenvalue weighted by Crippen LogP contribution is -2.05. The van der Waals surface area contributed by atoms with Gasteiger partial charge in [-0.2, -0.15) is 13.2 Å². The van der Waals surface area contributed by atoms with Gasteiger partial charge in [-0.05, 0) is 53.8 Å². The molecule has 2 aromatic rings. The van der Waals surface area contributed by atoms with Gasteiger partial charge in [0.2, 0.25) is 0 Å². The van der Waals surface area contributed by atoms with E-state index in [1.165, 1.54) is 5.56 Å². The molecule has 1 aliphatic carbocycles. The number of aryl methyl sites for hydroxylation is 1. The number of halogens is 3. The topological polar surface area (TPSA) is 9.23 Å². The van der Waals surface area contributed by atoms with Crippen molar-refractivity contribution in [2.24, 2.45) is 0 Å². The van der Waals surface area contributed by atoms with Gasteiger partial charge >= 0.3 is 6.18 Å². The standard InChI is InChI=1S/C17H15F3O/c1-21-14-8-4-12-5-9-15(16(12)10-14)11-2-6-13(7-3-11)17(18,19)20/h2-4,6-8,10,15H,5,9H2,1H3. The molecule has 0 saturated carbocycles. The molecule has 1 aliphatic rings. The molecule has 21 heavy (non-hydrogen) atoms. The molecular weight excluding hydrogens is 277 g/mol. The van der Waals surface area contributed by atoms with Crippen LogP contribution in [-0.4, -0.2) is 7.11 Å². The van der Waals surface area contributed by atoms with Gasteiger partial charge < -0.3 is 4.74 Å². The molecule has 0 aromatic heterocycles. The molecule has 3 rings (SSSR count). The van der Waals surface area contributed by atoms with Crippen molar-refractivity contribution in [3.05, 3.63) is 64.7 Å². The molecule has 0 radical (unpaired) electrons.